The van der Waals surface area contributed by atoms with Gasteiger partial charge >= 0.3 is 12.0 Å². The van der Waals surface area contributed by atoms with E-state index in [-0.39, 0.29) is 19.0 Å². The third-order valence-electron chi connectivity index (χ3n) is 3.53. The number of hydrogen-bond acceptors (Lipinski definition) is 3. The number of nitrogens with one attached hydrogen (secondary N) is 1. The molecule has 1 heterocycles. The number of aliphatic carboxylic acids is 1. The molecule has 3 N–H and O–H groups in total. The van der Waals surface area contributed by atoms with Crippen LogP contribution in [0.15, 0.2) is 24.3 Å². The molecule has 0 saturated carbocycles. The number of carbonyl (C=O) groups is 2. The molecule has 1 aliphatic heterocycles. The summed E-state index contributed by atoms with van der Waals surface area (Å²) in [7, 11) is 0. The van der Waals surface area contributed by atoms with Gasteiger partial charge in [-0.3, -0.25) is 0 Å². The van der Waals surface area contributed by atoms with E-state index in [1.807, 2.05) is 0 Å². The van der Waals surface area contributed by atoms with E-state index in [1.54, 1.807) is 31.2 Å². The Labute approximate surface area is 127 Å². The van der Waals surface area contributed by atoms with Crippen LogP contribution in [0, 0.1) is 0 Å². The summed E-state index contributed by atoms with van der Waals surface area (Å²) < 4.78 is 0. The molecule has 1 aliphatic rings. The lowest BCUT2D eigenvalue weighted by Gasteiger charge is -2.24. The van der Waals surface area contributed by atoms with Gasteiger partial charge in [0.25, 0.3) is 0 Å². The third kappa shape index (κ3) is 3.65. The number of carboxylic acids is 1. The molecule has 6 nitrogen and oxygen atoms in total. The highest BCUT2D eigenvalue weighted by molar-refractivity contribution is 6.30. The van der Waals surface area contributed by atoms with Gasteiger partial charge in [0.05, 0.1) is 12.1 Å². The first-order chi connectivity index (χ1) is 9.88. The van der Waals surface area contributed by atoms with Gasteiger partial charge in [-0.2, -0.15) is 0 Å². The molecule has 1 saturated heterocycles. The fraction of sp³-hybridized carbons (Fsp3) is 0.429. The molecule has 1 fully saturated rings. The average Bonchev–Trinajstić information content (AvgIpc) is 2.82. The number of nitrogens with zero attached hydrogens (tertiary/aromatic N) is 1. The van der Waals surface area contributed by atoms with E-state index >= 15 is 0 Å². The second-order valence-electron chi connectivity index (χ2n) is 5.12. The largest absolute Gasteiger partial charge is 0.480 e. The molecule has 0 aromatic heterocycles. The zero-order valence-corrected chi connectivity index (χ0v) is 12.2. The van der Waals surface area contributed by atoms with Gasteiger partial charge in [-0.25, -0.2) is 9.59 Å². The number of aliphatic hydroxyl groups is 1. The predicted octanol–water partition coefficient (Wildman–Crippen LogP) is 1.63. The van der Waals surface area contributed by atoms with Gasteiger partial charge in [-0.15, -0.1) is 0 Å². The average molecular weight is 313 g/mol. The SMILES string of the molecule is CC(NC(=O)N1CC(O)C[C@H]1C(=O)O)c1ccc(Cl)cc1. The lowest BCUT2D eigenvalue weighted by Crippen LogP contribution is -2.46. The highest BCUT2D eigenvalue weighted by Crippen LogP contribution is 2.20. The van der Waals surface area contributed by atoms with Crippen LogP contribution in [0.1, 0.15) is 24.9 Å². The van der Waals surface area contributed by atoms with E-state index in [0.717, 1.165) is 10.5 Å². The highest BCUT2D eigenvalue weighted by atomic mass is 35.5. The fourth-order valence-corrected chi connectivity index (χ4v) is 2.50. The lowest BCUT2D eigenvalue weighted by atomic mass is 10.1. The number of amides is 2. The van der Waals surface area contributed by atoms with Crippen LogP contribution in [0.4, 0.5) is 4.79 Å². The molecular formula is C14H17ClN2O4. The minimum absolute atomic E-state index is 0.0239. The molecule has 3 atom stereocenters. The number of hydrogen-bond donors (Lipinski definition) is 3. The topological polar surface area (TPSA) is 89.9 Å². The zero-order valence-electron chi connectivity index (χ0n) is 11.5. The number of carbonyl (C=O) groups excluding carboxylic acids is 1. The van der Waals surface area contributed by atoms with Crippen molar-refractivity contribution in [3.63, 3.8) is 0 Å². The van der Waals surface area contributed by atoms with E-state index in [1.165, 1.54) is 0 Å². The number of rotatable bonds is 3. The van der Waals surface area contributed by atoms with Gasteiger partial charge in [0.1, 0.15) is 6.04 Å². The van der Waals surface area contributed by atoms with Crippen molar-refractivity contribution in [2.24, 2.45) is 0 Å². The molecule has 2 amide bonds. The van der Waals surface area contributed by atoms with Crippen LogP contribution >= 0.6 is 11.6 Å². The Morgan fingerprint density at radius 2 is 2.00 bits per heavy atom. The summed E-state index contributed by atoms with van der Waals surface area (Å²) in [6.07, 6.45) is -0.749. The number of β-amino-alcohol motifs (C(OH)–C–C–N with tert-alkyl or cyclic N) is 1. The lowest BCUT2D eigenvalue weighted by molar-refractivity contribution is -0.141. The number of carboxylic acid groups (broad SMARTS) is 1. The van der Waals surface area contributed by atoms with E-state index in [2.05, 4.69) is 5.32 Å². The minimum Gasteiger partial charge on any atom is -0.480 e. The second-order valence-corrected chi connectivity index (χ2v) is 5.56. The molecule has 2 rings (SSSR count). The molecule has 0 aliphatic carbocycles. The predicted molar refractivity (Wildman–Crippen MR) is 77.2 cm³/mol. The first-order valence-electron chi connectivity index (χ1n) is 6.62. The van der Waals surface area contributed by atoms with Gasteiger partial charge in [-0.1, -0.05) is 23.7 Å². The Morgan fingerprint density at radius 1 is 1.38 bits per heavy atom. The molecule has 2 unspecified atom stereocenters. The first kappa shape index (κ1) is 15.6. The molecule has 1 aromatic carbocycles. The van der Waals surface area contributed by atoms with Crippen molar-refractivity contribution < 1.29 is 19.8 Å². The van der Waals surface area contributed by atoms with E-state index < -0.39 is 24.1 Å². The molecule has 0 radical (unpaired) electrons. The summed E-state index contributed by atoms with van der Waals surface area (Å²) in [5.41, 5.74) is 0.861. The van der Waals surface area contributed by atoms with Crippen LogP contribution in [-0.2, 0) is 4.79 Å². The number of halogens is 1. The third-order valence-corrected chi connectivity index (χ3v) is 3.79. The number of benzene rings is 1. The Kier molecular flexibility index (Phi) is 4.69. The Balaban J connectivity index is 2.03. The smallest absolute Gasteiger partial charge is 0.326 e. The van der Waals surface area contributed by atoms with Crippen molar-refractivity contribution in [1.82, 2.24) is 10.2 Å². The fourth-order valence-electron chi connectivity index (χ4n) is 2.38. The molecule has 7 heteroatoms. The van der Waals surface area contributed by atoms with Crippen molar-refractivity contribution in [1.29, 1.82) is 0 Å². The van der Waals surface area contributed by atoms with Crippen LogP contribution in [-0.4, -0.2) is 45.8 Å². The van der Waals surface area contributed by atoms with Crippen LogP contribution in [0.25, 0.3) is 0 Å². The summed E-state index contributed by atoms with van der Waals surface area (Å²) in [4.78, 5) is 24.4. The van der Waals surface area contributed by atoms with Crippen molar-refractivity contribution >= 4 is 23.6 Å². The molecule has 0 spiro atoms. The summed E-state index contributed by atoms with van der Waals surface area (Å²) in [5, 5.41) is 22.0. The highest BCUT2D eigenvalue weighted by Gasteiger charge is 2.39. The summed E-state index contributed by atoms with van der Waals surface area (Å²) in [5.74, 6) is -1.11. The van der Waals surface area contributed by atoms with Gasteiger partial charge in [0, 0.05) is 18.0 Å². The molecule has 0 bridgehead atoms. The molecular weight excluding hydrogens is 296 g/mol. The maximum absolute atomic E-state index is 12.2. The van der Waals surface area contributed by atoms with E-state index in [0.29, 0.717) is 5.02 Å². The normalized spacial score (nSPS) is 22.9. The Morgan fingerprint density at radius 3 is 2.57 bits per heavy atom. The Hall–Kier alpha value is -1.79. The summed E-state index contributed by atoms with van der Waals surface area (Å²) in [6.45, 7) is 1.82. The number of likely N-dealkylation sites (tertiary alicyclic amines) is 1. The maximum atomic E-state index is 12.2. The van der Waals surface area contributed by atoms with Crippen LogP contribution < -0.4 is 5.32 Å². The van der Waals surface area contributed by atoms with Gasteiger partial charge < -0.3 is 20.4 Å². The van der Waals surface area contributed by atoms with Crippen molar-refractivity contribution in [3.05, 3.63) is 34.9 Å². The monoisotopic (exact) mass is 312 g/mol. The minimum atomic E-state index is -1.11. The second kappa shape index (κ2) is 6.32. The van der Waals surface area contributed by atoms with Crippen LogP contribution in [0.3, 0.4) is 0 Å². The van der Waals surface area contributed by atoms with E-state index in [4.69, 9.17) is 16.7 Å². The maximum Gasteiger partial charge on any atom is 0.326 e. The first-order valence-corrected chi connectivity index (χ1v) is 6.99. The quantitative estimate of drug-likeness (QED) is 0.791. The summed E-state index contributed by atoms with van der Waals surface area (Å²) in [6, 6.07) is 5.25. The van der Waals surface area contributed by atoms with E-state index in [9.17, 15) is 14.7 Å². The van der Waals surface area contributed by atoms with Gasteiger partial charge in [0.2, 0.25) is 0 Å². The molecule has 1 aromatic rings. The summed E-state index contributed by atoms with van der Waals surface area (Å²) >= 11 is 5.81. The van der Waals surface area contributed by atoms with Crippen molar-refractivity contribution in [2.45, 2.75) is 31.5 Å². The zero-order chi connectivity index (χ0) is 15.6. The van der Waals surface area contributed by atoms with Crippen LogP contribution in [0.2, 0.25) is 5.02 Å². The van der Waals surface area contributed by atoms with Crippen molar-refractivity contribution in [3.8, 4) is 0 Å². The molecule has 114 valence electrons. The van der Waals surface area contributed by atoms with Crippen molar-refractivity contribution in [2.75, 3.05) is 6.54 Å². The van der Waals surface area contributed by atoms with Gasteiger partial charge in [0.15, 0.2) is 0 Å². The van der Waals surface area contributed by atoms with Crippen LogP contribution in [0.5, 0.6) is 0 Å². The van der Waals surface area contributed by atoms with Gasteiger partial charge in [-0.05, 0) is 24.6 Å². The standard InChI is InChI=1S/C14H17ClN2O4/c1-8(9-2-4-10(15)5-3-9)16-14(21)17-7-11(18)6-12(17)13(19)20/h2-5,8,11-12,18H,6-7H2,1H3,(H,16,21)(H,19,20)/t8?,11?,12-/m0/s1. The molecule has 21 heavy (non-hydrogen) atoms. The Bertz CT molecular complexity index is 534. The number of aliphatic hydroxyl groups excluding tert-OH is 1. The number of urea groups is 1.